The molecule has 1 amide bonds. The summed E-state index contributed by atoms with van der Waals surface area (Å²) in [6, 6.07) is 12.1. The van der Waals surface area contributed by atoms with E-state index in [1.807, 2.05) is 47.5 Å². The van der Waals surface area contributed by atoms with E-state index in [1.165, 1.54) is 0 Å². The van der Waals surface area contributed by atoms with Crippen molar-refractivity contribution in [2.75, 3.05) is 7.11 Å². The van der Waals surface area contributed by atoms with Crippen molar-refractivity contribution in [3.05, 3.63) is 59.9 Å². The van der Waals surface area contributed by atoms with Gasteiger partial charge in [0.1, 0.15) is 5.75 Å². The number of carbonyl (C=O) groups is 1. The first-order valence-electron chi connectivity index (χ1n) is 8.79. The van der Waals surface area contributed by atoms with Gasteiger partial charge in [-0.25, -0.2) is 0 Å². The number of hydrogen-bond donors (Lipinski definition) is 0. The second kappa shape index (κ2) is 8.65. The molecule has 1 aromatic carbocycles. The van der Waals surface area contributed by atoms with E-state index >= 15 is 0 Å². The Morgan fingerprint density at radius 2 is 1.76 bits per heavy atom. The SMILES string of the molecule is COc1ccccc1C(CC(=O)N(C(C)C)C(C)C)c1cccnc1. The largest absolute Gasteiger partial charge is 0.496 e. The van der Waals surface area contributed by atoms with E-state index in [0.717, 1.165) is 16.9 Å². The first kappa shape index (κ1) is 19.0. The van der Waals surface area contributed by atoms with Crippen LogP contribution in [0.4, 0.5) is 0 Å². The van der Waals surface area contributed by atoms with Crippen LogP contribution in [0.15, 0.2) is 48.8 Å². The first-order chi connectivity index (χ1) is 12.0. The van der Waals surface area contributed by atoms with Gasteiger partial charge < -0.3 is 9.64 Å². The van der Waals surface area contributed by atoms with Gasteiger partial charge >= 0.3 is 0 Å². The number of rotatable bonds is 7. The third-order valence-corrected chi connectivity index (χ3v) is 4.38. The predicted molar refractivity (Wildman–Crippen MR) is 101 cm³/mol. The lowest BCUT2D eigenvalue weighted by Crippen LogP contribution is -2.42. The lowest BCUT2D eigenvalue weighted by molar-refractivity contribution is -0.135. The van der Waals surface area contributed by atoms with Crippen molar-refractivity contribution >= 4 is 5.91 Å². The van der Waals surface area contributed by atoms with Crippen molar-refractivity contribution in [2.45, 2.75) is 52.1 Å². The zero-order valence-corrected chi connectivity index (χ0v) is 15.8. The molecule has 0 aliphatic rings. The fourth-order valence-electron chi connectivity index (χ4n) is 3.40. The summed E-state index contributed by atoms with van der Waals surface area (Å²) in [5.41, 5.74) is 2.03. The number of amides is 1. The summed E-state index contributed by atoms with van der Waals surface area (Å²) in [4.78, 5) is 19.2. The zero-order valence-electron chi connectivity index (χ0n) is 15.8. The summed E-state index contributed by atoms with van der Waals surface area (Å²) in [5.74, 6) is 0.854. The van der Waals surface area contributed by atoms with Gasteiger partial charge in [0.25, 0.3) is 0 Å². The molecule has 1 aromatic heterocycles. The van der Waals surface area contributed by atoms with E-state index in [0.29, 0.717) is 6.42 Å². The molecule has 0 saturated carbocycles. The Hall–Kier alpha value is -2.36. The maximum Gasteiger partial charge on any atom is 0.223 e. The summed E-state index contributed by atoms with van der Waals surface area (Å²) in [6.45, 7) is 8.22. The molecule has 134 valence electrons. The van der Waals surface area contributed by atoms with Gasteiger partial charge in [0.15, 0.2) is 0 Å². The molecule has 4 nitrogen and oxygen atoms in total. The van der Waals surface area contributed by atoms with Crippen LogP contribution in [-0.2, 0) is 4.79 Å². The number of para-hydroxylation sites is 1. The van der Waals surface area contributed by atoms with Gasteiger partial charge in [-0.15, -0.1) is 0 Å². The molecule has 0 aliphatic carbocycles. The standard InChI is InChI=1S/C21H28N2O2/c1-15(2)23(16(3)4)21(24)13-19(17-9-8-12-22-14-17)18-10-6-7-11-20(18)25-5/h6-12,14-16,19H,13H2,1-5H3. The molecule has 0 N–H and O–H groups in total. The quantitative estimate of drug-likeness (QED) is 0.756. The van der Waals surface area contributed by atoms with E-state index < -0.39 is 0 Å². The second-order valence-electron chi connectivity index (χ2n) is 6.77. The highest BCUT2D eigenvalue weighted by atomic mass is 16.5. The van der Waals surface area contributed by atoms with Gasteiger partial charge in [0.05, 0.1) is 7.11 Å². The van der Waals surface area contributed by atoms with Crippen molar-refractivity contribution in [2.24, 2.45) is 0 Å². The molecule has 0 radical (unpaired) electrons. The van der Waals surface area contributed by atoms with Crippen LogP contribution >= 0.6 is 0 Å². The number of aromatic nitrogens is 1. The zero-order chi connectivity index (χ0) is 18.4. The van der Waals surface area contributed by atoms with Crippen LogP contribution in [0, 0.1) is 0 Å². The topological polar surface area (TPSA) is 42.4 Å². The minimum absolute atomic E-state index is 0.0858. The maximum absolute atomic E-state index is 13.0. The summed E-state index contributed by atoms with van der Waals surface area (Å²) < 4.78 is 5.54. The van der Waals surface area contributed by atoms with Crippen LogP contribution in [0.25, 0.3) is 0 Å². The fraction of sp³-hybridized carbons (Fsp3) is 0.429. The summed E-state index contributed by atoms with van der Waals surface area (Å²) in [6.07, 6.45) is 3.97. The van der Waals surface area contributed by atoms with E-state index in [1.54, 1.807) is 13.3 Å². The molecule has 0 spiro atoms. The van der Waals surface area contributed by atoms with Gasteiger partial charge in [-0.2, -0.15) is 0 Å². The van der Waals surface area contributed by atoms with Crippen molar-refractivity contribution in [1.82, 2.24) is 9.88 Å². The highest BCUT2D eigenvalue weighted by Gasteiger charge is 2.27. The van der Waals surface area contributed by atoms with Gasteiger partial charge in [0.2, 0.25) is 5.91 Å². The molecule has 4 heteroatoms. The molecule has 1 atom stereocenters. The van der Waals surface area contributed by atoms with Gasteiger partial charge in [-0.05, 0) is 45.4 Å². The Morgan fingerprint density at radius 1 is 1.08 bits per heavy atom. The van der Waals surface area contributed by atoms with Crippen LogP contribution in [-0.4, -0.2) is 35.0 Å². The molecule has 0 fully saturated rings. The van der Waals surface area contributed by atoms with Crippen LogP contribution in [0.1, 0.15) is 51.2 Å². The maximum atomic E-state index is 13.0. The van der Waals surface area contributed by atoms with Crippen LogP contribution in [0.3, 0.4) is 0 Å². The average molecular weight is 340 g/mol. The molecule has 0 bridgehead atoms. The van der Waals surface area contributed by atoms with E-state index in [9.17, 15) is 4.79 Å². The Morgan fingerprint density at radius 3 is 2.32 bits per heavy atom. The fourth-order valence-corrected chi connectivity index (χ4v) is 3.40. The van der Waals surface area contributed by atoms with E-state index in [4.69, 9.17) is 4.74 Å². The molecule has 1 unspecified atom stereocenters. The van der Waals surface area contributed by atoms with Gasteiger partial charge in [-0.1, -0.05) is 24.3 Å². The van der Waals surface area contributed by atoms with E-state index in [-0.39, 0.29) is 23.9 Å². The summed E-state index contributed by atoms with van der Waals surface area (Å²) in [7, 11) is 1.66. The van der Waals surface area contributed by atoms with Gasteiger partial charge in [-0.3, -0.25) is 9.78 Å². The third kappa shape index (κ3) is 4.59. The van der Waals surface area contributed by atoms with Crippen LogP contribution in [0.2, 0.25) is 0 Å². The lowest BCUT2D eigenvalue weighted by Gasteiger charge is -2.32. The van der Waals surface area contributed by atoms with Crippen molar-refractivity contribution in [3.63, 3.8) is 0 Å². The number of hydrogen-bond acceptors (Lipinski definition) is 3. The number of pyridine rings is 1. The molecule has 2 aromatic rings. The normalized spacial score (nSPS) is 12.3. The van der Waals surface area contributed by atoms with Crippen molar-refractivity contribution in [3.8, 4) is 5.75 Å². The number of methoxy groups -OCH3 is 1. The summed E-state index contributed by atoms with van der Waals surface area (Å²) >= 11 is 0. The predicted octanol–water partition coefficient (Wildman–Crippen LogP) is 4.26. The smallest absolute Gasteiger partial charge is 0.223 e. The van der Waals surface area contributed by atoms with Crippen molar-refractivity contribution in [1.29, 1.82) is 0 Å². The molecular formula is C21H28N2O2. The lowest BCUT2D eigenvalue weighted by atomic mass is 9.88. The Labute approximate surface area is 150 Å². The first-order valence-corrected chi connectivity index (χ1v) is 8.79. The number of benzene rings is 1. The van der Waals surface area contributed by atoms with Crippen LogP contribution < -0.4 is 4.74 Å². The highest BCUT2D eigenvalue weighted by Crippen LogP contribution is 2.34. The molecule has 0 aliphatic heterocycles. The monoisotopic (exact) mass is 340 g/mol. The Bertz CT molecular complexity index is 675. The molecule has 0 saturated heterocycles. The number of ether oxygens (including phenoxy) is 1. The third-order valence-electron chi connectivity index (χ3n) is 4.38. The average Bonchev–Trinajstić information content (AvgIpc) is 2.59. The van der Waals surface area contributed by atoms with Crippen molar-refractivity contribution < 1.29 is 9.53 Å². The molecule has 2 rings (SSSR count). The highest BCUT2D eigenvalue weighted by molar-refractivity contribution is 5.78. The second-order valence-corrected chi connectivity index (χ2v) is 6.77. The Balaban J connectivity index is 2.41. The minimum atomic E-state index is -0.0858. The number of nitrogens with zero attached hydrogens (tertiary/aromatic N) is 2. The Kier molecular flexibility index (Phi) is 6.57. The minimum Gasteiger partial charge on any atom is -0.496 e. The summed E-state index contributed by atoms with van der Waals surface area (Å²) in [5, 5.41) is 0. The number of carbonyl (C=O) groups excluding carboxylic acids is 1. The van der Waals surface area contributed by atoms with Crippen LogP contribution in [0.5, 0.6) is 5.75 Å². The van der Waals surface area contributed by atoms with E-state index in [2.05, 4.69) is 32.7 Å². The van der Waals surface area contributed by atoms with Gasteiger partial charge in [0, 0.05) is 42.4 Å². The molecule has 1 heterocycles. The molecular weight excluding hydrogens is 312 g/mol. The molecule has 25 heavy (non-hydrogen) atoms.